The number of carbonyl (C=O) groups excluding carboxylic acids is 1. The summed E-state index contributed by atoms with van der Waals surface area (Å²) in [4.78, 5) is 20.3. The van der Waals surface area contributed by atoms with Crippen molar-refractivity contribution in [3.8, 4) is 0 Å². The molecule has 1 aromatic rings. The predicted octanol–water partition coefficient (Wildman–Crippen LogP) is 1.24. The van der Waals surface area contributed by atoms with Crippen LogP contribution in [-0.4, -0.2) is 21.9 Å². The fourth-order valence-corrected chi connectivity index (χ4v) is 0.971. The van der Waals surface area contributed by atoms with Crippen LogP contribution in [0.15, 0.2) is 18.6 Å². The van der Waals surface area contributed by atoms with Crippen molar-refractivity contribution in [3.63, 3.8) is 0 Å². The van der Waals surface area contributed by atoms with E-state index in [0.29, 0.717) is 5.82 Å². The molecule has 0 radical (unpaired) electrons. The van der Waals surface area contributed by atoms with E-state index >= 15 is 0 Å². The second-order valence-electron chi connectivity index (χ2n) is 3.71. The summed E-state index contributed by atoms with van der Waals surface area (Å²) < 4.78 is 0. The lowest BCUT2D eigenvalue weighted by molar-refractivity contribution is -0.108. The third kappa shape index (κ3) is 2.24. The molecule has 0 aliphatic carbocycles. The van der Waals surface area contributed by atoms with E-state index < -0.39 is 0 Å². The first-order chi connectivity index (χ1) is 6.05. The van der Waals surface area contributed by atoms with Crippen LogP contribution in [0.1, 0.15) is 20.8 Å². The largest absolute Gasteiger partial charge is 0.293 e. The van der Waals surface area contributed by atoms with Crippen molar-refractivity contribution in [1.29, 1.82) is 0 Å². The van der Waals surface area contributed by atoms with Crippen LogP contribution in [0.3, 0.4) is 0 Å². The van der Waals surface area contributed by atoms with Gasteiger partial charge < -0.3 is 0 Å². The van der Waals surface area contributed by atoms with E-state index in [9.17, 15) is 4.79 Å². The van der Waals surface area contributed by atoms with Crippen LogP contribution in [0.25, 0.3) is 0 Å². The Morgan fingerprint density at radius 1 is 1.38 bits per heavy atom. The number of hydrogen-bond donors (Lipinski definition) is 0. The summed E-state index contributed by atoms with van der Waals surface area (Å²) in [5, 5.41) is 0. The van der Waals surface area contributed by atoms with Gasteiger partial charge in [0.2, 0.25) is 6.41 Å². The summed E-state index contributed by atoms with van der Waals surface area (Å²) in [5.74, 6) is 0.574. The standard InChI is InChI=1S/C9H13N3O/c1-9(2,3)12(7-13)8-6-10-4-5-11-8/h4-7H,1-3H3. The molecular formula is C9H13N3O. The summed E-state index contributed by atoms with van der Waals surface area (Å²) >= 11 is 0. The molecule has 0 saturated carbocycles. The smallest absolute Gasteiger partial charge is 0.215 e. The van der Waals surface area contributed by atoms with Gasteiger partial charge in [-0.2, -0.15) is 0 Å². The highest BCUT2D eigenvalue weighted by molar-refractivity contribution is 5.74. The summed E-state index contributed by atoms with van der Waals surface area (Å²) in [6.07, 6.45) is 5.48. The van der Waals surface area contributed by atoms with E-state index in [-0.39, 0.29) is 5.54 Å². The minimum absolute atomic E-state index is 0.266. The van der Waals surface area contributed by atoms with Crippen LogP contribution in [0.4, 0.5) is 5.82 Å². The highest BCUT2D eigenvalue weighted by Gasteiger charge is 2.21. The van der Waals surface area contributed by atoms with E-state index in [0.717, 1.165) is 6.41 Å². The fraction of sp³-hybridized carbons (Fsp3) is 0.444. The maximum Gasteiger partial charge on any atom is 0.215 e. The normalized spacial score (nSPS) is 11.0. The second-order valence-corrected chi connectivity index (χ2v) is 3.71. The lowest BCUT2D eigenvalue weighted by atomic mass is 10.1. The third-order valence-corrected chi connectivity index (χ3v) is 1.62. The van der Waals surface area contributed by atoms with Crippen molar-refractivity contribution >= 4 is 12.2 Å². The van der Waals surface area contributed by atoms with Crippen molar-refractivity contribution in [1.82, 2.24) is 9.97 Å². The molecule has 0 bridgehead atoms. The van der Waals surface area contributed by atoms with E-state index in [1.165, 1.54) is 0 Å². The van der Waals surface area contributed by atoms with Crippen LogP contribution in [0.2, 0.25) is 0 Å². The molecule has 0 aromatic carbocycles. The van der Waals surface area contributed by atoms with Gasteiger partial charge in [0.1, 0.15) is 0 Å². The van der Waals surface area contributed by atoms with Gasteiger partial charge in [0.25, 0.3) is 0 Å². The lowest BCUT2D eigenvalue weighted by Crippen LogP contribution is -2.40. The quantitative estimate of drug-likeness (QED) is 0.641. The molecular weight excluding hydrogens is 166 g/mol. The molecule has 4 nitrogen and oxygen atoms in total. The number of nitrogens with zero attached hydrogens (tertiary/aromatic N) is 3. The van der Waals surface area contributed by atoms with Crippen LogP contribution in [-0.2, 0) is 4.79 Å². The van der Waals surface area contributed by atoms with Gasteiger partial charge in [-0.05, 0) is 20.8 Å². The zero-order valence-corrected chi connectivity index (χ0v) is 8.06. The van der Waals surface area contributed by atoms with Crippen LogP contribution < -0.4 is 4.90 Å². The van der Waals surface area contributed by atoms with Crippen molar-refractivity contribution < 1.29 is 4.79 Å². The Kier molecular flexibility index (Phi) is 2.60. The van der Waals surface area contributed by atoms with Crippen molar-refractivity contribution in [2.45, 2.75) is 26.3 Å². The molecule has 4 heteroatoms. The van der Waals surface area contributed by atoms with Crippen LogP contribution >= 0.6 is 0 Å². The first-order valence-corrected chi connectivity index (χ1v) is 4.06. The SMILES string of the molecule is CC(C)(C)N(C=O)c1cnccn1. The topological polar surface area (TPSA) is 46.1 Å². The number of aromatic nitrogens is 2. The minimum Gasteiger partial charge on any atom is -0.293 e. The molecule has 0 saturated heterocycles. The van der Waals surface area contributed by atoms with Gasteiger partial charge in [-0.1, -0.05) is 0 Å². The average molecular weight is 179 g/mol. The molecule has 0 unspecified atom stereocenters. The Morgan fingerprint density at radius 3 is 2.46 bits per heavy atom. The molecule has 0 fully saturated rings. The molecule has 13 heavy (non-hydrogen) atoms. The monoisotopic (exact) mass is 179 g/mol. The van der Waals surface area contributed by atoms with Gasteiger partial charge in [0.05, 0.1) is 6.20 Å². The Morgan fingerprint density at radius 2 is 2.08 bits per heavy atom. The fourth-order valence-electron chi connectivity index (χ4n) is 0.971. The van der Waals surface area contributed by atoms with Gasteiger partial charge >= 0.3 is 0 Å². The maximum absolute atomic E-state index is 10.8. The van der Waals surface area contributed by atoms with E-state index in [1.54, 1.807) is 23.5 Å². The Balaban J connectivity index is 2.99. The molecule has 1 aromatic heterocycles. The Bertz CT molecular complexity index is 279. The Hall–Kier alpha value is -1.45. The molecule has 1 amide bonds. The van der Waals surface area contributed by atoms with E-state index in [2.05, 4.69) is 9.97 Å². The molecule has 1 rings (SSSR count). The minimum atomic E-state index is -0.266. The van der Waals surface area contributed by atoms with Gasteiger partial charge in [0.15, 0.2) is 5.82 Å². The lowest BCUT2D eigenvalue weighted by Gasteiger charge is -2.30. The van der Waals surface area contributed by atoms with Gasteiger partial charge in [-0.25, -0.2) is 4.98 Å². The molecule has 1 heterocycles. The number of anilines is 1. The number of hydrogen-bond acceptors (Lipinski definition) is 3. The Labute approximate surface area is 77.6 Å². The van der Waals surface area contributed by atoms with Crippen molar-refractivity contribution in [2.24, 2.45) is 0 Å². The molecule has 0 aliphatic heterocycles. The zero-order chi connectivity index (χ0) is 9.90. The van der Waals surface area contributed by atoms with E-state index in [1.807, 2.05) is 20.8 Å². The molecule has 0 aliphatic rings. The second kappa shape index (κ2) is 3.51. The van der Waals surface area contributed by atoms with Crippen LogP contribution in [0, 0.1) is 0 Å². The third-order valence-electron chi connectivity index (χ3n) is 1.62. The van der Waals surface area contributed by atoms with Crippen LogP contribution in [0.5, 0.6) is 0 Å². The highest BCUT2D eigenvalue weighted by atomic mass is 16.1. The average Bonchev–Trinajstić information content (AvgIpc) is 2.05. The molecule has 70 valence electrons. The summed E-state index contributed by atoms with van der Waals surface area (Å²) in [6.45, 7) is 5.82. The molecule has 0 N–H and O–H groups in total. The summed E-state index contributed by atoms with van der Waals surface area (Å²) in [5.41, 5.74) is -0.266. The maximum atomic E-state index is 10.8. The molecule has 0 spiro atoms. The zero-order valence-electron chi connectivity index (χ0n) is 8.06. The first-order valence-electron chi connectivity index (χ1n) is 4.06. The molecule has 0 atom stereocenters. The summed E-state index contributed by atoms with van der Waals surface area (Å²) in [7, 11) is 0. The van der Waals surface area contributed by atoms with Gasteiger partial charge in [-0.15, -0.1) is 0 Å². The van der Waals surface area contributed by atoms with E-state index in [4.69, 9.17) is 0 Å². The van der Waals surface area contributed by atoms with Crippen molar-refractivity contribution in [2.75, 3.05) is 4.90 Å². The number of amides is 1. The van der Waals surface area contributed by atoms with Crippen molar-refractivity contribution in [3.05, 3.63) is 18.6 Å². The van der Waals surface area contributed by atoms with Gasteiger partial charge in [-0.3, -0.25) is 14.7 Å². The van der Waals surface area contributed by atoms with Gasteiger partial charge in [0, 0.05) is 17.9 Å². The predicted molar refractivity (Wildman–Crippen MR) is 50.3 cm³/mol. The summed E-state index contributed by atoms with van der Waals surface area (Å²) in [6, 6.07) is 0. The number of carbonyl (C=O) groups is 1. The number of rotatable bonds is 2. The first kappa shape index (κ1) is 9.64. The highest BCUT2D eigenvalue weighted by Crippen LogP contribution is 2.17.